The first kappa shape index (κ1) is 21.7. The molecule has 0 aliphatic heterocycles. The fourth-order valence-corrected chi connectivity index (χ4v) is 4.10. The summed E-state index contributed by atoms with van der Waals surface area (Å²) in [6.07, 6.45) is 4.26. The van der Waals surface area contributed by atoms with E-state index in [4.69, 9.17) is 9.47 Å². The maximum Gasteiger partial charge on any atom is 0.255 e. The van der Waals surface area contributed by atoms with E-state index in [2.05, 4.69) is 10.6 Å². The Labute approximate surface area is 178 Å². The zero-order valence-corrected chi connectivity index (χ0v) is 17.6. The molecular weight excluding hydrogens is 380 g/mol. The van der Waals surface area contributed by atoms with Crippen LogP contribution in [0, 0.1) is 11.8 Å². The van der Waals surface area contributed by atoms with E-state index in [1.807, 2.05) is 24.3 Å². The predicted molar refractivity (Wildman–Crippen MR) is 116 cm³/mol. The van der Waals surface area contributed by atoms with E-state index in [0.29, 0.717) is 47.6 Å². The Kier molecular flexibility index (Phi) is 7.71. The average Bonchev–Trinajstić information content (AvgIpc) is 2.81. The lowest BCUT2D eigenvalue weighted by molar-refractivity contribution is 0.0932. The number of hydrogen-bond donors (Lipinski definition) is 2. The van der Waals surface area contributed by atoms with Gasteiger partial charge >= 0.3 is 0 Å². The van der Waals surface area contributed by atoms with E-state index in [-0.39, 0.29) is 11.8 Å². The Morgan fingerprint density at radius 1 is 0.800 bits per heavy atom. The number of carbonyl (C=O) groups is 2. The van der Waals surface area contributed by atoms with Crippen LogP contribution in [0.4, 0.5) is 0 Å². The van der Waals surface area contributed by atoms with Gasteiger partial charge < -0.3 is 20.1 Å². The third-order valence-electron chi connectivity index (χ3n) is 5.70. The normalized spacial score (nSPS) is 18.3. The molecular formula is C24H30N2O4. The molecule has 2 aromatic carbocycles. The number of ether oxygens (including phenoxy) is 2. The van der Waals surface area contributed by atoms with Crippen LogP contribution in [0.25, 0.3) is 0 Å². The maximum atomic E-state index is 12.5. The molecule has 0 saturated heterocycles. The number of benzene rings is 2. The second kappa shape index (κ2) is 10.7. The molecule has 2 amide bonds. The van der Waals surface area contributed by atoms with Gasteiger partial charge in [-0.2, -0.15) is 0 Å². The lowest BCUT2D eigenvalue weighted by Crippen LogP contribution is -2.35. The third kappa shape index (κ3) is 5.53. The molecule has 0 radical (unpaired) electrons. The standard InChI is InChI=1S/C24H30N2O4/c1-29-21-12-5-3-10-19(21)23(27)25-15-17-8-7-9-18(14-17)16-26-24(28)20-11-4-6-13-22(20)30-2/h3-6,10-13,17-18H,7-9,14-16H2,1-2H3,(H,25,27)(H,26,28)/t17-,18+. The molecule has 1 aliphatic carbocycles. The summed E-state index contributed by atoms with van der Waals surface area (Å²) in [5.41, 5.74) is 1.10. The van der Waals surface area contributed by atoms with Gasteiger partial charge in [0.1, 0.15) is 11.5 Å². The molecule has 1 saturated carbocycles. The molecule has 6 nitrogen and oxygen atoms in total. The van der Waals surface area contributed by atoms with Gasteiger partial charge in [-0.05, 0) is 55.4 Å². The van der Waals surface area contributed by atoms with Crippen molar-refractivity contribution in [2.24, 2.45) is 11.8 Å². The van der Waals surface area contributed by atoms with Crippen LogP contribution in [0.15, 0.2) is 48.5 Å². The van der Waals surface area contributed by atoms with Crippen LogP contribution < -0.4 is 20.1 Å². The van der Waals surface area contributed by atoms with E-state index in [1.165, 1.54) is 0 Å². The second-order valence-electron chi connectivity index (χ2n) is 7.72. The fraction of sp³-hybridized carbons (Fsp3) is 0.417. The van der Waals surface area contributed by atoms with Crippen LogP contribution in [0.2, 0.25) is 0 Å². The Hall–Kier alpha value is -3.02. The average molecular weight is 411 g/mol. The number of carbonyl (C=O) groups excluding carboxylic acids is 2. The summed E-state index contributed by atoms with van der Waals surface area (Å²) in [5.74, 6) is 1.75. The molecule has 30 heavy (non-hydrogen) atoms. The Morgan fingerprint density at radius 2 is 1.23 bits per heavy atom. The number of nitrogens with one attached hydrogen (secondary N) is 2. The minimum absolute atomic E-state index is 0.112. The molecule has 2 atom stereocenters. The zero-order valence-electron chi connectivity index (χ0n) is 17.6. The third-order valence-corrected chi connectivity index (χ3v) is 5.70. The van der Waals surface area contributed by atoms with Gasteiger partial charge in [-0.1, -0.05) is 30.7 Å². The van der Waals surface area contributed by atoms with Crippen LogP contribution in [0.3, 0.4) is 0 Å². The number of para-hydroxylation sites is 2. The van der Waals surface area contributed by atoms with Crippen molar-refractivity contribution < 1.29 is 19.1 Å². The minimum Gasteiger partial charge on any atom is -0.496 e. The fourth-order valence-electron chi connectivity index (χ4n) is 4.10. The maximum absolute atomic E-state index is 12.5. The molecule has 0 heterocycles. The summed E-state index contributed by atoms with van der Waals surface area (Å²) in [7, 11) is 3.13. The quantitative estimate of drug-likeness (QED) is 0.696. The summed E-state index contributed by atoms with van der Waals surface area (Å²) in [5, 5.41) is 6.09. The molecule has 3 rings (SSSR count). The number of hydrogen-bond acceptors (Lipinski definition) is 4. The van der Waals surface area contributed by atoms with Crippen molar-refractivity contribution in [1.82, 2.24) is 10.6 Å². The lowest BCUT2D eigenvalue weighted by atomic mass is 9.81. The summed E-state index contributed by atoms with van der Waals surface area (Å²) in [6, 6.07) is 14.5. The second-order valence-corrected chi connectivity index (χ2v) is 7.72. The first-order chi connectivity index (χ1) is 14.6. The molecule has 6 heteroatoms. The molecule has 2 N–H and O–H groups in total. The van der Waals surface area contributed by atoms with Crippen molar-refractivity contribution in [3.63, 3.8) is 0 Å². The van der Waals surface area contributed by atoms with E-state index in [1.54, 1.807) is 38.5 Å². The van der Waals surface area contributed by atoms with Gasteiger partial charge in [0.05, 0.1) is 25.3 Å². The number of amides is 2. The van der Waals surface area contributed by atoms with Crippen molar-refractivity contribution in [1.29, 1.82) is 0 Å². The Bertz CT molecular complexity index is 798. The summed E-state index contributed by atoms with van der Waals surface area (Å²) in [4.78, 5) is 25.0. The highest BCUT2D eigenvalue weighted by molar-refractivity contribution is 5.97. The smallest absolute Gasteiger partial charge is 0.255 e. The van der Waals surface area contributed by atoms with Crippen molar-refractivity contribution in [2.75, 3.05) is 27.3 Å². The van der Waals surface area contributed by atoms with E-state index in [9.17, 15) is 9.59 Å². The first-order valence-corrected chi connectivity index (χ1v) is 10.4. The van der Waals surface area contributed by atoms with E-state index >= 15 is 0 Å². The van der Waals surface area contributed by atoms with Gasteiger partial charge in [-0.25, -0.2) is 0 Å². The molecule has 0 aromatic heterocycles. The Balaban J connectivity index is 1.48. The highest BCUT2D eigenvalue weighted by Crippen LogP contribution is 2.29. The summed E-state index contributed by atoms with van der Waals surface area (Å²) in [6.45, 7) is 1.27. The predicted octanol–water partition coefficient (Wildman–Crippen LogP) is 3.67. The van der Waals surface area contributed by atoms with Gasteiger partial charge in [0.2, 0.25) is 0 Å². The Morgan fingerprint density at radius 3 is 1.67 bits per heavy atom. The molecule has 2 aromatic rings. The first-order valence-electron chi connectivity index (χ1n) is 10.4. The number of rotatable bonds is 8. The van der Waals surface area contributed by atoms with E-state index < -0.39 is 0 Å². The van der Waals surface area contributed by atoms with Gasteiger partial charge in [0.25, 0.3) is 11.8 Å². The monoisotopic (exact) mass is 410 g/mol. The SMILES string of the molecule is COc1ccccc1C(=O)NC[C@H]1CCC[C@@H](CNC(=O)c2ccccc2OC)C1. The number of methoxy groups -OCH3 is 2. The minimum atomic E-state index is -0.112. The van der Waals surface area contributed by atoms with Crippen LogP contribution >= 0.6 is 0 Å². The highest BCUT2D eigenvalue weighted by atomic mass is 16.5. The van der Waals surface area contributed by atoms with Crippen LogP contribution in [0.1, 0.15) is 46.4 Å². The summed E-state index contributed by atoms with van der Waals surface area (Å²) < 4.78 is 10.5. The highest BCUT2D eigenvalue weighted by Gasteiger charge is 2.24. The summed E-state index contributed by atoms with van der Waals surface area (Å²) >= 11 is 0. The van der Waals surface area contributed by atoms with Gasteiger partial charge in [-0.3, -0.25) is 9.59 Å². The largest absolute Gasteiger partial charge is 0.496 e. The molecule has 160 valence electrons. The van der Waals surface area contributed by atoms with Crippen LogP contribution in [-0.4, -0.2) is 39.1 Å². The molecule has 0 unspecified atom stereocenters. The van der Waals surface area contributed by atoms with Crippen molar-refractivity contribution in [3.8, 4) is 11.5 Å². The lowest BCUT2D eigenvalue weighted by Gasteiger charge is -2.29. The van der Waals surface area contributed by atoms with Gasteiger partial charge in [0, 0.05) is 13.1 Å². The molecule has 1 fully saturated rings. The molecule has 0 bridgehead atoms. The van der Waals surface area contributed by atoms with E-state index in [0.717, 1.165) is 25.7 Å². The topological polar surface area (TPSA) is 76.7 Å². The zero-order chi connectivity index (χ0) is 21.3. The van der Waals surface area contributed by atoms with Crippen molar-refractivity contribution in [2.45, 2.75) is 25.7 Å². The van der Waals surface area contributed by atoms with Crippen LogP contribution in [-0.2, 0) is 0 Å². The van der Waals surface area contributed by atoms with Crippen molar-refractivity contribution >= 4 is 11.8 Å². The molecule has 0 spiro atoms. The van der Waals surface area contributed by atoms with Gasteiger partial charge in [-0.15, -0.1) is 0 Å². The van der Waals surface area contributed by atoms with Crippen LogP contribution in [0.5, 0.6) is 11.5 Å². The molecule has 1 aliphatic rings. The van der Waals surface area contributed by atoms with Crippen molar-refractivity contribution in [3.05, 3.63) is 59.7 Å². The van der Waals surface area contributed by atoms with Gasteiger partial charge in [0.15, 0.2) is 0 Å².